The van der Waals surface area contributed by atoms with Gasteiger partial charge in [-0.3, -0.25) is 0 Å². The van der Waals surface area contributed by atoms with Crippen molar-refractivity contribution in [3.8, 4) is 22.5 Å². The van der Waals surface area contributed by atoms with Gasteiger partial charge in [0.15, 0.2) is 19.4 Å². The molecule has 0 bridgehead atoms. The smallest absolute Gasteiger partial charge is 0.201 e. The quantitative estimate of drug-likeness (QED) is 0.646. The molecule has 0 aliphatic carbocycles. The maximum atomic E-state index is 2.30. The minimum atomic E-state index is 1.25. The summed E-state index contributed by atoms with van der Waals surface area (Å²) in [6, 6.07) is 10.9. The maximum absolute atomic E-state index is 2.30. The highest BCUT2D eigenvalue weighted by molar-refractivity contribution is 5.79. The van der Waals surface area contributed by atoms with E-state index in [-0.39, 0.29) is 0 Å². The average molecular weight is 307 g/mol. The van der Waals surface area contributed by atoms with Gasteiger partial charge in [0.2, 0.25) is 5.69 Å². The first-order chi connectivity index (χ1) is 10.9. The average Bonchev–Trinajstić information content (AvgIpc) is 2.81. The van der Waals surface area contributed by atoms with Crippen molar-refractivity contribution in [3.05, 3.63) is 59.4 Å². The topological polar surface area (TPSA) is 12.7 Å². The minimum absolute atomic E-state index is 1.25. The molecule has 0 aliphatic rings. The molecule has 3 heteroatoms. The zero-order valence-corrected chi connectivity index (χ0v) is 14.9. The summed E-state index contributed by atoms with van der Waals surface area (Å²) in [6.07, 6.45) is 4.21. The number of pyridine rings is 1. The zero-order valence-electron chi connectivity index (χ0n) is 14.9. The minimum Gasteiger partial charge on any atom is -0.201 e. The largest absolute Gasteiger partial charge is 0.212 e. The lowest BCUT2D eigenvalue weighted by atomic mass is 9.90. The molecule has 0 radical (unpaired) electrons. The fraction of sp³-hybridized carbons (Fsp3) is 0.300. The Hall–Kier alpha value is -2.42. The second-order valence-corrected chi connectivity index (χ2v) is 6.38. The lowest BCUT2D eigenvalue weighted by molar-refractivity contribution is -0.750. The van der Waals surface area contributed by atoms with Crippen LogP contribution in [0, 0.1) is 20.8 Å². The van der Waals surface area contributed by atoms with Crippen molar-refractivity contribution in [3.63, 3.8) is 0 Å². The molecule has 2 aromatic heterocycles. The van der Waals surface area contributed by atoms with Crippen molar-refractivity contribution in [2.75, 3.05) is 0 Å². The Morgan fingerprint density at radius 2 is 1.57 bits per heavy atom. The number of hydrogen-bond acceptors (Lipinski definition) is 0. The summed E-state index contributed by atoms with van der Waals surface area (Å²) in [4.78, 5) is 0. The van der Waals surface area contributed by atoms with E-state index in [0.717, 1.165) is 0 Å². The molecule has 0 spiro atoms. The molecule has 23 heavy (non-hydrogen) atoms. The first kappa shape index (κ1) is 15.5. The first-order valence-electron chi connectivity index (χ1n) is 7.99. The van der Waals surface area contributed by atoms with E-state index >= 15 is 0 Å². The van der Waals surface area contributed by atoms with E-state index in [1.54, 1.807) is 0 Å². The molecule has 0 fully saturated rings. The number of nitrogens with zero attached hydrogens (tertiary/aromatic N) is 3. The van der Waals surface area contributed by atoms with Crippen molar-refractivity contribution in [1.82, 2.24) is 4.68 Å². The van der Waals surface area contributed by atoms with Crippen LogP contribution >= 0.6 is 0 Å². The van der Waals surface area contributed by atoms with Gasteiger partial charge in [0.25, 0.3) is 0 Å². The van der Waals surface area contributed by atoms with Gasteiger partial charge >= 0.3 is 0 Å². The summed E-state index contributed by atoms with van der Waals surface area (Å²) in [5, 5.41) is 0. The molecule has 0 aliphatic heterocycles. The Morgan fingerprint density at radius 3 is 2.17 bits per heavy atom. The molecular weight excluding hydrogens is 282 g/mol. The molecule has 0 N–H and O–H groups in total. The molecule has 3 rings (SSSR count). The van der Waals surface area contributed by atoms with Gasteiger partial charge in [0.1, 0.15) is 12.7 Å². The van der Waals surface area contributed by atoms with Gasteiger partial charge in [0, 0.05) is 23.8 Å². The number of rotatable bonds is 2. The number of aryl methyl sites for hydroxylation is 4. The van der Waals surface area contributed by atoms with Gasteiger partial charge in [-0.05, 0) is 43.5 Å². The molecule has 0 saturated heterocycles. The predicted octanol–water partition coefficient (Wildman–Crippen LogP) is 2.93. The molecule has 3 nitrogen and oxygen atoms in total. The highest BCUT2D eigenvalue weighted by Gasteiger charge is 2.22. The Kier molecular flexibility index (Phi) is 3.80. The molecule has 0 amide bonds. The van der Waals surface area contributed by atoms with Crippen molar-refractivity contribution in [2.24, 2.45) is 21.1 Å². The molecule has 0 unspecified atom stereocenters. The molecule has 2 heterocycles. The Labute approximate surface area is 138 Å². The van der Waals surface area contributed by atoms with Crippen molar-refractivity contribution < 1.29 is 9.25 Å². The Morgan fingerprint density at radius 1 is 0.870 bits per heavy atom. The van der Waals surface area contributed by atoms with Crippen molar-refractivity contribution in [2.45, 2.75) is 20.8 Å². The van der Waals surface area contributed by atoms with E-state index < -0.39 is 0 Å². The normalized spacial score (nSPS) is 11.0. The van der Waals surface area contributed by atoms with Crippen LogP contribution in [0.2, 0.25) is 0 Å². The summed E-state index contributed by atoms with van der Waals surface area (Å²) in [6.45, 7) is 6.65. The third kappa shape index (κ3) is 2.46. The monoisotopic (exact) mass is 307 g/mol. The summed E-state index contributed by atoms with van der Waals surface area (Å²) in [5.74, 6) is 0. The van der Waals surface area contributed by atoms with Gasteiger partial charge in [0.05, 0.1) is 12.6 Å². The highest BCUT2D eigenvalue weighted by atomic mass is 15.4. The fourth-order valence-corrected chi connectivity index (χ4v) is 3.56. The van der Waals surface area contributed by atoms with Crippen LogP contribution in [0.15, 0.2) is 42.7 Å². The van der Waals surface area contributed by atoms with Gasteiger partial charge < -0.3 is 0 Å². The van der Waals surface area contributed by atoms with Crippen LogP contribution in [0.4, 0.5) is 0 Å². The standard InChI is InChI=1S/C20H25N3/c1-14-13-15(2)20(18-10-12-22(5)23(18)6)16(3)19(14)17-9-7-8-11-21(17)4/h7-13H,1-6H3/q+2. The molecule has 3 aromatic rings. The van der Waals surface area contributed by atoms with E-state index in [9.17, 15) is 0 Å². The highest BCUT2D eigenvalue weighted by Crippen LogP contribution is 2.35. The molecule has 1 aromatic carbocycles. The van der Waals surface area contributed by atoms with E-state index in [2.05, 4.69) is 98.6 Å². The number of hydrogen-bond donors (Lipinski definition) is 0. The lowest BCUT2D eigenvalue weighted by Crippen LogP contribution is -2.36. The van der Waals surface area contributed by atoms with Crippen molar-refractivity contribution >= 4 is 0 Å². The van der Waals surface area contributed by atoms with Crippen LogP contribution in [0.3, 0.4) is 0 Å². The Balaban J connectivity index is 2.34. The van der Waals surface area contributed by atoms with Crippen LogP contribution in [0.1, 0.15) is 16.7 Å². The summed E-state index contributed by atoms with van der Waals surface area (Å²) in [5.41, 5.74) is 9.15. The fourth-order valence-electron chi connectivity index (χ4n) is 3.56. The predicted molar refractivity (Wildman–Crippen MR) is 92.8 cm³/mol. The van der Waals surface area contributed by atoms with Crippen LogP contribution in [-0.4, -0.2) is 4.68 Å². The molecule has 0 saturated carbocycles. The number of benzene rings is 1. The Bertz CT molecular complexity index is 888. The second kappa shape index (κ2) is 5.65. The van der Waals surface area contributed by atoms with Crippen molar-refractivity contribution in [1.29, 1.82) is 0 Å². The van der Waals surface area contributed by atoms with E-state index in [1.165, 1.54) is 39.2 Å². The van der Waals surface area contributed by atoms with E-state index in [0.29, 0.717) is 0 Å². The second-order valence-electron chi connectivity index (χ2n) is 6.38. The zero-order chi connectivity index (χ0) is 16.7. The summed E-state index contributed by atoms with van der Waals surface area (Å²) >= 11 is 0. The lowest BCUT2D eigenvalue weighted by Gasteiger charge is -2.15. The summed E-state index contributed by atoms with van der Waals surface area (Å²) in [7, 11) is 6.28. The van der Waals surface area contributed by atoms with E-state index in [4.69, 9.17) is 0 Å². The number of aromatic nitrogens is 3. The summed E-state index contributed by atoms with van der Waals surface area (Å²) < 4.78 is 6.50. The SMILES string of the molecule is Cc1cc(C)c(-c2cccc[n+]2C)c(C)c1-c1cc[n+](C)n1C. The van der Waals surface area contributed by atoms with Gasteiger partial charge in [-0.25, -0.2) is 4.57 Å². The van der Waals surface area contributed by atoms with Gasteiger partial charge in [-0.2, -0.15) is 4.68 Å². The molecule has 0 atom stereocenters. The van der Waals surface area contributed by atoms with Gasteiger partial charge in [-0.1, -0.05) is 6.07 Å². The van der Waals surface area contributed by atoms with E-state index in [1.807, 2.05) is 0 Å². The first-order valence-corrected chi connectivity index (χ1v) is 7.99. The van der Waals surface area contributed by atoms with Crippen LogP contribution in [-0.2, 0) is 21.1 Å². The van der Waals surface area contributed by atoms with Gasteiger partial charge in [-0.15, -0.1) is 4.68 Å². The maximum Gasteiger partial charge on any atom is 0.212 e. The van der Waals surface area contributed by atoms with Crippen LogP contribution in [0.25, 0.3) is 22.5 Å². The van der Waals surface area contributed by atoms with Crippen LogP contribution < -0.4 is 9.25 Å². The molecular formula is C20H25N3+2. The molecule has 118 valence electrons. The van der Waals surface area contributed by atoms with Crippen LogP contribution in [0.5, 0.6) is 0 Å². The third-order valence-corrected chi connectivity index (χ3v) is 4.81. The third-order valence-electron chi connectivity index (χ3n) is 4.81.